The first-order valence-corrected chi connectivity index (χ1v) is 4.19. The first kappa shape index (κ1) is 10.4. The van der Waals surface area contributed by atoms with Gasteiger partial charge in [-0.15, -0.1) is 0 Å². The Labute approximate surface area is 68.8 Å². The molecule has 0 aromatic carbocycles. The topological polar surface area (TPSA) is 44.0 Å². The van der Waals surface area contributed by atoms with Crippen LogP contribution in [0.4, 0.5) is 0 Å². The van der Waals surface area contributed by atoms with Gasteiger partial charge in [0, 0.05) is 0 Å². The lowest BCUT2D eigenvalue weighted by Gasteiger charge is -2.15. The molecule has 0 saturated carbocycles. The number of hydrogen-bond acceptors (Lipinski definition) is 2. The summed E-state index contributed by atoms with van der Waals surface area (Å²) in [4.78, 5) is 0. The molecular formula is C9H17NO. The highest BCUT2D eigenvalue weighted by Crippen LogP contribution is 2.14. The first-order valence-electron chi connectivity index (χ1n) is 4.19. The quantitative estimate of drug-likeness (QED) is 0.674. The van der Waals surface area contributed by atoms with Gasteiger partial charge in [0.05, 0.1) is 18.1 Å². The van der Waals surface area contributed by atoms with Crippen LogP contribution in [0.25, 0.3) is 0 Å². The Hall–Kier alpha value is -0.550. The van der Waals surface area contributed by atoms with E-state index in [1.807, 2.05) is 6.07 Å². The highest BCUT2D eigenvalue weighted by molar-refractivity contribution is 4.84. The Morgan fingerprint density at radius 3 is 2.36 bits per heavy atom. The fourth-order valence-corrected chi connectivity index (χ4v) is 0.869. The van der Waals surface area contributed by atoms with Crippen LogP contribution in [0.2, 0.25) is 0 Å². The maximum absolute atomic E-state index is 9.40. The molecule has 0 saturated heterocycles. The molecule has 0 heterocycles. The molecule has 64 valence electrons. The van der Waals surface area contributed by atoms with E-state index in [0.29, 0.717) is 5.92 Å². The SMILES string of the molecule is CCC(C)CC(O)C(C)C#N. The highest BCUT2D eigenvalue weighted by Gasteiger charge is 2.15. The van der Waals surface area contributed by atoms with Crippen LogP contribution in [-0.2, 0) is 0 Å². The number of aliphatic hydroxyl groups excluding tert-OH is 1. The number of hydrogen-bond donors (Lipinski definition) is 1. The second-order valence-electron chi connectivity index (χ2n) is 3.23. The summed E-state index contributed by atoms with van der Waals surface area (Å²) < 4.78 is 0. The predicted molar refractivity (Wildman–Crippen MR) is 44.9 cm³/mol. The average Bonchev–Trinajstić information content (AvgIpc) is 2.02. The van der Waals surface area contributed by atoms with E-state index in [1.165, 1.54) is 0 Å². The number of nitriles is 1. The van der Waals surface area contributed by atoms with Crippen molar-refractivity contribution in [2.75, 3.05) is 0 Å². The largest absolute Gasteiger partial charge is 0.392 e. The van der Waals surface area contributed by atoms with Gasteiger partial charge in [-0.2, -0.15) is 5.26 Å². The van der Waals surface area contributed by atoms with Gasteiger partial charge in [-0.3, -0.25) is 0 Å². The van der Waals surface area contributed by atoms with Crippen molar-refractivity contribution in [2.45, 2.75) is 39.7 Å². The molecule has 0 amide bonds. The van der Waals surface area contributed by atoms with Crippen molar-refractivity contribution < 1.29 is 5.11 Å². The van der Waals surface area contributed by atoms with E-state index in [0.717, 1.165) is 12.8 Å². The van der Waals surface area contributed by atoms with Gasteiger partial charge >= 0.3 is 0 Å². The summed E-state index contributed by atoms with van der Waals surface area (Å²) in [6.07, 6.45) is 1.36. The predicted octanol–water partition coefficient (Wildman–Crippen LogP) is 1.94. The molecule has 2 nitrogen and oxygen atoms in total. The number of aliphatic hydroxyl groups is 1. The highest BCUT2D eigenvalue weighted by atomic mass is 16.3. The van der Waals surface area contributed by atoms with E-state index < -0.39 is 6.10 Å². The summed E-state index contributed by atoms with van der Waals surface area (Å²) >= 11 is 0. The molecule has 0 aliphatic rings. The van der Waals surface area contributed by atoms with Crippen molar-refractivity contribution in [3.63, 3.8) is 0 Å². The van der Waals surface area contributed by atoms with E-state index in [9.17, 15) is 5.11 Å². The molecule has 1 N–H and O–H groups in total. The zero-order valence-corrected chi connectivity index (χ0v) is 7.54. The van der Waals surface area contributed by atoms with Crippen LogP contribution in [-0.4, -0.2) is 11.2 Å². The van der Waals surface area contributed by atoms with Gasteiger partial charge in [0.2, 0.25) is 0 Å². The maximum Gasteiger partial charge on any atom is 0.0698 e. The van der Waals surface area contributed by atoms with Gasteiger partial charge in [0.1, 0.15) is 0 Å². The normalized spacial score (nSPS) is 18.5. The van der Waals surface area contributed by atoms with E-state index in [1.54, 1.807) is 6.92 Å². The molecule has 0 fully saturated rings. The Morgan fingerprint density at radius 1 is 1.45 bits per heavy atom. The van der Waals surface area contributed by atoms with Crippen LogP contribution in [0.5, 0.6) is 0 Å². The average molecular weight is 155 g/mol. The zero-order chi connectivity index (χ0) is 8.85. The summed E-state index contributed by atoms with van der Waals surface area (Å²) in [7, 11) is 0. The van der Waals surface area contributed by atoms with E-state index in [2.05, 4.69) is 13.8 Å². The molecule has 0 bridgehead atoms. The number of nitrogens with zero attached hydrogens (tertiary/aromatic N) is 1. The molecule has 0 aromatic heterocycles. The van der Waals surface area contributed by atoms with Crippen molar-refractivity contribution in [1.29, 1.82) is 5.26 Å². The molecule has 0 aliphatic carbocycles. The summed E-state index contributed by atoms with van der Waals surface area (Å²) in [5.74, 6) is 0.282. The first-order chi connectivity index (χ1) is 5.11. The summed E-state index contributed by atoms with van der Waals surface area (Å²) in [6.45, 7) is 5.94. The Kier molecular flexibility index (Phi) is 4.89. The third-order valence-corrected chi connectivity index (χ3v) is 2.12. The fourth-order valence-electron chi connectivity index (χ4n) is 0.869. The van der Waals surface area contributed by atoms with Crippen LogP contribution in [0, 0.1) is 23.2 Å². The van der Waals surface area contributed by atoms with Crippen molar-refractivity contribution in [2.24, 2.45) is 11.8 Å². The van der Waals surface area contributed by atoms with Crippen LogP contribution in [0.3, 0.4) is 0 Å². The Balaban J connectivity index is 3.69. The van der Waals surface area contributed by atoms with Crippen molar-refractivity contribution in [1.82, 2.24) is 0 Å². The van der Waals surface area contributed by atoms with E-state index in [4.69, 9.17) is 5.26 Å². The standard InChI is InChI=1S/C9H17NO/c1-4-7(2)5-9(11)8(3)6-10/h7-9,11H,4-5H2,1-3H3. The van der Waals surface area contributed by atoms with E-state index >= 15 is 0 Å². The minimum absolute atomic E-state index is 0.232. The summed E-state index contributed by atoms with van der Waals surface area (Å²) in [6, 6.07) is 2.04. The molecule has 0 rings (SSSR count). The summed E-state index contributed by atoms with van der Waals surface area (Å²) in [5, 5.41) is 17.9. The monoisotopic (exact) mass is 155 g/mol. The van der Waals surface area contributed by atoms with Gasteiger partial charge in [-0.05, 0) is 19.3 Å². The fraction of sp³-hybridized carbons (Fsp3) is 0.889. The minimum atomic E-state index is -0.449. The summed E-state index contributed by atoms with van der Waals surface area (Å²) in [5.41, 5.74) is 0. The molecular weight excluding hydrogens is 138 g/mol. The smallest absolute Gasteiger partial charge is 0.0698 e. The van der Waals surface area contributed by atoms with Crippen LogP contribution in [0.1, 0.15) is 33.6 Å². The molecule has 0 aromatic rings. The molecule has 0 spiro atoms. The van der Waals surface area contributed by atoms with Gasteiger partial charge in [-0.1, -0.05) is 20.3 Å². The second kappa shape index (κ2) is 5.15. The van der Waals surface area contributed by atoms with Crippen LogP contribution >= 0.6 is 0 Å². The molecule has 0 radical (unpaired) electrons. The van der Waals surface area contributed by atoms with Gasteiger partial charge in [-0.25, -0.2) is 0 Å². The maximum atomic E-state index is 9.40. The Bertz CT molecular complexity index is 139. The molecule has 0 aliphatic heterocycles. The van der Waals surface area contributed by atoms with Gasteiger partial charge < -0.3 is 5.11 Å². The van der Waals surface area contributed by atoms with Crippen molar-refractivity contribution in [3.8, 4) is 6.07 Å². The third-order valence-electron chi connectivity index (χ3n) is 2.12. The molecule has 3 unspecified atom stereocenters. The van der Waals surface area contributed by atoms with Crippen LogP contribution in [0.15, 0.2) is 0 Å². The lowest BCUT2D eigenvalue weighted by molar-refractivity contribution is 0.113. The van der Waals surface area contributed by atoms with Crippen molar-refractivity contribution >= 4 is 0 Å². The van der Waals surface area contributed by atoms with Crippen molar-refractivity contribution in [3.05, 3.63) is 0 Å². The third kappa shape index (κ3) is 4.00. The molecule has 3 atom stereocenters. The number of rotatable bonds is 4. The lowest BCUT2D eigenvalue weighted by Crippen LogP contribution is -2.18. The van der Waals surface area contributed by atoms with Crippen LogP contribution < -0.4 is 0 Å². The minimum Gasteiger partial charge on any atom is -0.392 e. The molecule has 11 heavy (non-hydrogen) atoms. The van der Waals surface area contributed by atoms with Gasteiger partial charge in [0.25, 0.3) is 0 Å². The van der Waals surface area contributed by atoms with Gasteiger partial charge in [0.15, 0.2) is 0 Å². The molecule has 2 heteroatoms. The zero-order valence-electron chi connectivity index (χ0n) is 7.54. The Morgan fingerprint density at radius 2 is 2.00 bits per heavy atom. The van der Waals surface area contributed by atoms with E-state index in [-0.39, 0.29) is 5.92 Å². The second-order valence-corrected chi connectivity index (χ2v) is 3.23. The lowest BCUT2D eigenvalue weighted by atomic mass is 9.94.